The summed E-state index contributed by atoms with van der Waals surface area (Å²) in [5.41, 5.74) is -4.63. The summed E-state index contributed by atoms with van der Waals surface area (Å²) in [5, 5.41) is 12.3. The first-order chi connectivity index (χ1) is 7.47. The molecule has 0 aromatic carbocycles. The molecule has 1 aliphatic rings. The van der Waals surface area contributed by atoms with Crippen molar-refractivity contribution >= 4 is 11.8 Å². The van der Waals surface area contributed by atoms with E-state index in [-0.39, 0.29) is 30.7 Å². The molecule has 0 spiro atoms. The lowest BCUT2D eigenvalue weighted by Gasteiger charge is -2.36. The van der Waals surface area contributed by atoms with Crippen molar-refractivity contribution in [3.05, 3.63) is 0 Å². The molecule has 96 valence electrons. The highest BCUT2D eigenvalue weighted by molar-refractivity contribution is 8.00. The molecule has 0 aromatic rings. The van der Waals surface area contributed by atoms with Gasteiger partial charge in [0.05, 0.1) is 6.61 Å². The molecule has 0 saturated carbocycles. The topological polar surface area (TPSA) is 41.5 Å². The zero-order valence-electron chi connectivity index (χ0n) is 8.85. The molecule has 0 radical (unpaired) electrons. The fraction of sp³-hybridized carbons (Fsp3) is 1.00. The maximum Gasteiger partial charge on any atom is 0.441 e. The Morgan fingerprint density at radius 1 is 1.31 bits per heavy atom. The van der Waals surface area contributed by atoms with E-state index in [9.17, 15) is 18.3 Å². The van der Waals surface area contributed by atoms with Crippen LogP contribution in [0.4, 0.5) is 13.2 Å². The number of halogens is 3. The van der Waals surface area contributed by atoms with E-state index in [0.717, 1.165) is 0 Å². The molecule has 0 amide bonds. The molecule has 0 aromatic heterocycles. The molecule has 1 rings (SSSR count). The van der Waals surface area contributed by atoms with Gasteiger partial charge in [-0.2, -0.15) is 13.2 Å². The van der Waals surface area contributed by atoms with Gasteiger partial charge in [0.15, 0.2) is 0 Å². The largest absolute Gasteiger partial charge is 0.441 e. The van der Waals surface area contributed by atoms with Crippen LogP contribution < -0.4 is 5.32 Å². The van der Waals surface area contributed by atoms with Crippen LogP contribution in [0.15, 0.2) is 0 Å². The van der Waals surface area contributed by atoms with Crippen LogP contribution >= 0.6 is 11.8 Å². The third kappa shape index (κ3) is 4.90. The van der Waals surface area contributed by atoms with E-state index in [1.54, 1.807) is 0 Å². The molecule has 0 aliphatic carbocycles. The van der Waals surface area contributed by atoms with E-state index in [1.165, 1.54) is 0 Å². The minimum Gasteiger partial charge on any atom is -0.394 e. The first-order valence-corrected chi connectivity index (χ1v) is 6.10. The molecule has 3 nitrogen and oxygen atoms in total. The quantitative estimate of drug-likeness (QED) is 0.732. The van der Waals surface area contributed by atoms with E-state index in [1.807, 2.05) is 0 Å². The van der Waals surface area contributed by atoms with Crippen LogP contribution in [0.1, 0.15) is 12.8 Å². The second kappa shape index (κ2) is 6.09. The van der Waals surface area contributed by atoms with Gasteiger partial charge in [0.2, 0.25) is 0 Å². The fourth-order valence-electron chi connectivity index (χ4n) is 1.64. The van der Waals surface area contributed by atoms with E-state index in [4.69, 9.17) is 4.74 Å². The zero-order valence-corrected chi connectivity index (χ0v) is 9.66. The van der Waals surface area contributed by atoms with E-state index in [2.05, 4.69) is 5.32 Å². The third-order valence-corrected chi connectivity index (χ3v) is 3.36. The van der Waals surface area contributed by atoms with E-state index in [0.29, 0.717) is 26.1 Å². The Morgan fingerprint density at radius 3 is 2.44 bits per heavy atom. The molecule has 1 fully saturated rings. The number of alkyl halides is 3. The standard InChI is InChI=1S/C9H16F3NO2S/c10-9(11,12)16-6-3-13-8(7-14)1-4-15-5-2-8/h13-14H,1-7H2. The van der Waals surface area contributed by atoms with Crippen LogP contribution in [0, 0.1) is 0 Å². The maximum atomic E-state index is 11.9. The number of hydrogen-bond acceptors (Lipinski definition) is 4. The Hall–Kier alpha value is 0.0200. The van der Waals surface area contributed by atoms with Crippen molar-refractivity contribution in [1.82, 2.24) is 5.32 Å². The van der Waals surface area contributed by atoms with Gasteiger partial charge in [0, 0.05) is 31.1 Å². The highest BCUT2D eigenvalue weighted by atomic mass is 32.2. The summed E-state index contributed by atoms with van der Waals surface area (Å²) in [4.78, 5) is 0. The highest BCUT2D eigenvalue weighted by Crippen LogP contribution is 2.29. The maximum absolute atomic E-state index is 11.9. The van der Waals surface area contributed by atoms with Crippen LogP contribution in [-0.4, -0.2) is 48.3 Å². The van der Waals surface area contributed by atoms with Gasteiger partial charge in [-0.05, 0) is 24.6 Å². The Labute approximate surface area is 96.7 Å². The molecule has 0 atom stereocenters. The first-order valence-electron chi connectivity index (χ1n) is 5.12. The van der Waals surface area contributed by atoms with Crippen molar-refractivity contribution in [1.29, 1.82) is 0 Å². The van der Waals surface area contributed by atoms with E-state index < -0.39 is 11.0 Å². The molecule has 7 heteroatoms. The smallest absolute Gasteiger partial charge is 0.394 e. The van der Waals surface area contributed by atoms with Gasteiger partial charge in [0.25, 0.3) is 0 Å². The molecule has 16 heavy (non-hydrogen) atoms. The van der Waals surface area contributed by atoms with Crippen molar-refractivity contribution in [3.8, 4) is 0 Å². The monoisotopic (exact) mass is 259 g/mol. The molecule has 0 bridgehead atoms. The van der Waals surface area contributed by atoms with Gasteiger partial charge < -0.3 is 15.2 Å². The Bertz CT molecular complexity index is 207. The van der Waals surface area contributed by atoms with E-state index >= 15 is 0 Å². The number of hydrogen-bond donors (Lipinski definition) is 2. The Morgan fingerprint density at radius 2 is 1.94 bits per heavy atom. The van der Waals surface area contributed by atoms with Crippen LogP contribution in [0.3, 0.4) is 0 Å². The Balaban J connectivity index is 2.23. The molecule has 1 heterocycles. The number of aliphatic hydroxyl groups is 1. The number of rotatable bonds is 5. The number of nitrogens with one attached hydrogen (secondary N) is 1. The van der Waals surface area contributed by atoms with Crippen molar-refractivity contribution in [2.24, 2.45) is 0 Å². The normalized spacial score (nSPS) is 21.0. The van der Waals surface area contributed by atoms with Crippen LogP contribution in [0.5, 0.6) is 0 Å². The van der Waals surface area contributed by atoms with Crippen molar-refractivity contribution in [2.45, 2.75) is 23.9 Å². The van der Waals surface area contributed by atoms with Gasteiger partial charge >= 0.3 is 5.51 Å². The molecule has 0 unspecified atom stereocenters. The summed E-state index contributed by atoms with van der Waals surface area (Å²) < 4.78 is 40.7. The summed E-state index contributed by atoms with van der Waals surface area (Å²) in [5.74, 6) is -0.0356. The summed E-state index contributed by atoms with van der Waals surface area (Å²) in [6.45, 7) is 1.26. The molecule has 2 N–H and O–H groups in total. The molecular formula is C9H16F3NO2S. The number of aliphatic hydroxyl groups excluding tert-OH is 1. The van der Waals surface area contributed by atoms with Crippen molar-refractivity contribution in [2.75, 3.05) is 32.1 Å². The van der Waals surface area contributed by atoms with Crippen LogP contribution in [-0.2, 0) is 4.74 Å². The lowest BCUT2D eigenvalue weighted by molar-refractivity contribution is -0.0329. The third-order valence-electron chi connectivity index (χ3n) is 2.62. The summed E-state index contributed by atoms with van der Waals surface area (Å²) >= 11 is -0.0440. The average Bonchev–Trinajstić information content (AvgIpc) is 2.25. The molecule has 1 aliphatic heterocycles. The summed E-state index contributed by atoms with van der Waals surface area (Å²) in [7, 11) is 0. The average molecular weight is 259 g/mol. The van der Waals surface area contributed by atoms with Crippen molar-refractivity contribution < 1.29 is 23.0 Å². The van der Waals surface area contributed by atoms with Gasteiger partial charge in [-0.3, -0.25) is 0 Å². The summed E-state index contributed by atoms with van der Waals surface area (Å²) in [6.07, 6.45) is 1.28. The second-order valence-electron chi connectivity index (χ2n) is 3.77. The van der Waals surface area contributed by atoms with Gasteiger partial charge in [0.1, 0.15) is 0 Å². The lowest BCUT2D eigenvalue weighted by atomic mass is 9.91. The highest BCUT2D eigenvalue weighted by Gasteiger charge is 2.32. The lowest BCUT2D eigenvalue weighted by Crippen LogP contribution is -2.53. The van der Waals surface area contributed by atoms with Gasteiger partial charge in [-0.15, -0.1) is 0 Å². The SMILES string of the molecule is OCC1(NCCSC(F)(F)F)CCOCC1. The number of ether oxygens (including phenoxy) is 1. The number of thioether (sulfide) groups is 1. The van der Waals surface area contributed by atoms with Crippen molar-refractivity contribution in [3.63, 3.8) is 0 Å². The predicted octanol–water partition coefficient (Wildman–Crippen LogP) is 1.37. The predicted molar refractivity (Wildman–Crippen MR) is 56.4 cm³/mol. The Kier molecular flexibility index (Phi) is 5.36. The van der Waals surface area contributed by atoms with Gasteiger partial charge in [-0.1, -0.05) is 0 Å². The summed E-state index contributed by atoms with van der Waals surface area (Å²) in [6, 6.07) is 0. The zero-order chi connectivity index (χ0) is 12.1. The van der Waals surface area contributed by atoms with Crippen LogP contribution in [0.25, 0.3) is 0 Å². The minimum absolute atomic E-state index is 0.0356. The van der Waals surface area contributed by atoms with Crippen LogP contribution in [0.2, 0.25) is 0 Å². The second-order valence-corrected chi connectivity index (χ2v) is 4.93. The molecule has 1 saturated heterocycles. The van der Waals surface area contributed by atoms with Gasteiger partial charge in [-0.25, -0.2) is 0 Å². The fourth-order valence-corrected chi connectivity index (χ4v) is 2.07. The minimum atomic E-state index is -4.18. The molecular weight excluding hydrogens is 243 g/mol. The first kappa shape index (κ1) is 14.1.